The molecule has 12 nitrogen and oxygen atoms in total. The Morgan fingerprint density at radius 1 is 1.10 bits per heavy atom. The monoisotopic (exact) mass is 568 g/mol. The number of aromatic amines is 1. The van der Waals surface area contributed by atoms with E-state index >= 15 is 0 Å². The maximum atomic E-state index is 12.9. The minimum atomic E-state index is -1.32. The number of aromatic nitrogens is 1. The third-order valence-electron chi connectivity index (χ3n) is 6.79. The lowest BCUT2D eigenvalue weighted by Gasteiger charge is -2.18. The van der Waals surface area contributed by atoms with Crippen molar-refractivity contribution in [3.8, 4) is 5.75 Å². The molecule has 0 saturated carbocycles. The van der Waals surface area contributed by atoms with Crippen LogP contribution in [0.4, 0.5) is 5.69 Å². The molecule has 0 radical (unpaired) electrons. The zero-order valence-electron chi connectivity index (χ0n) is 23.9. The molecular weight excluding hydrogens is 532 g/mol. The standard InChI is InChI=1S/C29H36N4O8/c1-6-33(7-2)13-12-30-28(37)26-16(3)23(31-17(26)4)15-21-20-14-19(8-9-22(20)32-27(21)36)41-25(35)11-10-24(34)40-18(5)29(38)39/h8-9,14-15,18,31H,6-7,10-13H2,1-5H3,(H,30,37)(H,32,36)(H,38,39)/b21-15-/t18-/m0/s1. The van der Waals surface area contributed by atoms with Gasteiger partial charge in [-0.05, 0) is 63.7 Å². The van der Waals surface area contributed by atoms with E-state index in [0.29, 0.717) is 45.9 Å². The first kappa shape index (κ1) is 31.1. The van der Waals surface area contributed by atoms with Crippen molar-refractivity contribution in [3.05, 3.63) is 46.3 Å². The van der Waals surface area contributed by atoms with E-state index in [1.165, 1.54) is 19.1 Å². The molecule has 2 aromatic rings. The summed E-state index contributed by atoms with van der Waals surface area (Å²) in [6.45, 7) is 12.0. The van der Waals surface area contributed by atoms with Gasteiger partial charge in [0.15, 0.2) is 6.10 Å². The van der Waals surface area contributed by atoms with Gasteiger partial charge in [0.25, 0.3) is 11.8 Å². The van der Waals surface area contributed by atoms with Crippen LogP contribution in [-0.4, -0.2) is 77.0 Å². The van der Waals surface area contributed by atoms with E-state index < -0.39 is 24.0 Å². The van der Waals surface area contributed by atoms with Crippen LogP contribution >= 0.6 is 0 Å². The van der Waals surface area contributed by atoms with Gasteiger partial charge in [-0.15, -0.1) is 0 Å². The Bertz CT molecular complexity index is 1370. The number of nitrogens with one attached hydrogen (secondary N) is 3. The molecule has 0 spiro atoms. The van der Waals surface area contributed by atoms with Gasteiger partial charge in [-0.2, -0.15) is 0 Å². The number of benzene rings is 1. The summed E-state index contributed by atoms with van der Waals surface area (Å²) in [6.07, 6.45) is -0.325. The van der Waals surface area contributed by atoms with Gasteiger partial charge in [-0.1, -0.05) is 13.8 Å². The van der Waals surface area contributed by atoms with Crippen molar-refractivity contribution in [2.45, 2.75) is 53.6 Å². The van der Waals surface area contributed by atoms with Gasteiger partial charge in [-0.25, -0.2) is 4.79 Å². The lowest BCUT2D eigenvalue weighted by atomic mass is 10.0. The van der Waals surface area contributed by atoms with Crippen LogP contribution in [0.1, 0.15) is 66.5 Å². The number of rotatable bonds is 13. The van der Waals surface area contributed by atoms with E-state index in [-0.39, 0.29) is 30.4 Å². The molecule has 1 aliphatic rings. The van der Waals surface area contributed by atoms with Gasteiger partial charge in [0.2, 0.25) is 0 Å². The van der Waals surface area contributed by atoms with Gasteiger partial charge >= 0.3 is 17.9 Å². The number of nitrogens with zero attached hydrogens (tertiary/aromatic N) is 1. The zero-order valence-corrected chi connectivity index (χ0v) is 23.9. The summed E-state index contributed by atoms with van der Waals surface area (Å²) in [5.74, 6) is -3.23. The molecule has 1 aromatic carbocycles. The Balaban J connectivity index is 1.72. The number of amides is 2. The highest BCUT2D eigenvalue weighted by atomic mass is 16.6. The molecule has 2 amide bonds. The third kappa shape index (κ3) is 7.82. The molecule has 220 valence electrons. The first-order chi connectivity index (χ1) is 19.4. The number of hydrogen-bond donors (Lipinski definition) is 4. The van der Waals surface area contributed by atoms with E-state index in [9.17, 15) is 24.0 Å². The average molecular weight is 569 g/mol. The number of aliphatic carboxylic acids is 1. The van der Waals surface area contributed by atoms with Crippen LogP contribution in [0.25, 0.3) is 11.6 Å². The molecule has 0 fully saturated rings. The number of ether oxygens (including phenoxy) is 2. The van der Waals surface area contributed by atoms with Gasteiger partial charge in [-0.3, -0.25) is 19.2 Å². The van der Waals surface area contributed by atoms with Crippen molar-refractivity contribution >= 4 is 47.1 Å². The average Bonchev–Trinajstić information content (AvgIpc) is 3.39. The summed E-state index contributed by atoms with van der Waals surface area (Å²) in [5, 5.41) is 14.5. The van der Waals surface area contributed by atoms with E-state index in [4.69, 9.17) is 14.6 Å². The first-order valence-electron chi connectivity index (χ1n) is 13.4. The van der Waals surface area contributed by atoms with Crippen molar-refractivity contribution in [1.82, 2.24) is 15.2 Å². The topological polar surface area (TPSA) is 167 Å². The fraction of sp³-hybridized carbons (Fsp3) is 0.414. The molecule has 1 atom stereocenters. The predicted molar refractivity (Wildman–Crippen MR) is 151 cm³/mol. The molecule has 0 bridgehead atoms. The van der Waals surface area contributed by atoms with Crippen molar-refractivity contribution in [2.75, 3.05) is 31.5 Å². The van der Waals surface area contributed by atoms with Crippen molar-refractivity contribution < 1.29 is 38.6 Å². The fourth-order valence-corrected chi connectivity index (χ4v) is 4.43. The first-order valence-corrected chi connectivity index (χ1v) is 13.4. The Labute approximate surface area is 238 Å². The van der Waals surface area contributed by atoms with Gasteiger partial charge < -0.3 is 35.1 Å². The number of esters is 2. The Hall–Kier alpha value is -4.45. The quantitative estimate of drug-likeness (QED) is 0.161. The number of anilines is 1. The second-order valence-corrected chi connectivity index (χ2v) is 9.61. The summed E-state index contributed by atoms with van der Waals surface area (Å²) in [7, 11) is 0. The summed E-state index contributed by atoms with van der Waals surface area (Å²) < 4.78 is 10.0. The van der Waals surface area contributed by atoms with E-state index in [2.05, 4.69) is 34.4 Å². The summed E-state index contributed by atoms with van der Waals surface area (Å²) in [6, 6.07) is 4.64. The molecule has 41 heavy (non-hydrogen) atoms. The summed E-state index contributed by atoms with van der Waals surface area (Å²) in [4.78, 5) is 66.0. The van der Waals surface area contributed by atoms with Crippen LogP contribution in [0.5, 0.6) is 5.75 Å². The smallest absolute Gasteiger partial charge is 0.344 e. The molecule has 0 saturated heterocycles. The largest absolute Gasteiger partial charge is 0.479 e. The highest BCUT2D eigenvalue weighted by molar-refractivity contribution is 6.35. The number of fused-ring (bicyclic) bond motifs is 1. The second kappa shape index (κ2) is 13.8. The molecule has 12 heteroatoms. The number of aryl methyl sites for hydroxylation is 1. The van der Waals surface area contributed by atoms with Crippen LogP contribution in [0.15, 0.2) is 18.2 Å². The van der Waals surface area contributed by atoms with E-state index in [1.807, 2.05) is 6.92 Å². The number of carbonyl (C=O) groups excluding carboxylic acids is 4. The van der Waals surface area contributed by atoms with Crippen LogP contribution < -0.4 is 15.4 Å². The Kier molecular flexibility index (Phi) is 10.4. The van der Waals surface area contributed by atoms with Crippen molar-refractivity contribution in [3.63, 3.8) is 0 Å². The third-order valence-corrected chi connectivity index (χ3v) is 6.79. The summed E-state index contributed by atoms with van der Waals surface area (Å²) >= 11 is 0. The van der Waals surface area contributed by atoms with Crippen molar-refractivity contribution in [1.29, 1.82) is 0 Å². The minimum Gasteiger partial charge on any atom is -0.479 e. The number of hydrogen-bond acceptors (Lipinski definition) is 8. The fourth-order valence-electron chi connectivity index (χ4n) is 4.43. The van der Waals surface area contributed by atoms with E-state index in [0.717, 1.165) is 19.6 Å². The zero-order chi connectivity index (χ0) is 30.3. The molecular formula is C29H36N4O8. The molecule has 3 rings (SSSR count). The molecule has 1 aromatic heterocycles. The molecule has 0 aliphatic carbocycles. The van der Waals surface area contributed by atoms with Crippen LogP contribution in [0.3, 0.4) is 0 Å². The van der Waals surface area contributed by atoms with Crippen LogP contribution in [0, 0.1) is 13.8 Å². The number of likely N-dealkylation sites (N-methyl/N-ethyl adjacent to an activating group) is 1. The lowest BCUT2D eigenvalue weighted by Crippen LogP contribution is -2.35. The Morgan fingerprint density at radius 2 is 1.78 bits per heavy atom. The molecule has 4 N–H and O–H groups in total. The van der Waals surface area contributed by atoms with Crippen LogP contribution in [0.2, 0.25) is 0 Å². The number of carboxylic acids is 1. The molecule has 1 aliphatic heterocycles. The maximum Gasteiger partial charge on any atom is 0.344 e. The SMILES string of the molecule is CCN(CC)CCNC(=O)c1c(C)[nH]c(/C=C2\C(=O)Nc3ccc(OC(=O)CCC(=O)O[C@@H](C)C(=O)O)cc32)c1C. The van der Waals surface area contributed by atoms with E-state index in [1.54, 1.807) is 19.1 Å². The van der Waals surface area contributed by atoms with Crippen LogP contribution in [-0.2, 0) is 23.9 Å². The lowest BCUT2D eigenvalue weighted by molar-refractivity contribution is -0.163. The molecule has 2 heterocycles. The number of carbonyl (C=O) groups is 5. The molecule has 0 unspecified atom stereocenters. The number of H-pyrrole nitrogens is 1. The predicted octanol–water partition coefficient (Wildman–Crippen LogP) is 2.90. The number of carboxylic acid groups (broad SMARTS) is 1. The maximum absolute atomic E-state index is 12.9. The summed E-state index contributed by atoms with van der Waals surface area (Å²) in [5.41, 5.74) is 3.85. The minimum absolute atomic E-state index is 0.163. The van der Waals surface area contributed by atoms with Crippen molar-refractivity contribution in [2.24, 2.45) is 0 Å². The Morgan fingerprint density at radius 3 is 2.44 bits per heavy atom. The normalized spacial score (nSPS) is 14.0. The van der Waals surface area contributed by atoms with Gasteiger partial charge in [0.1, 0.15) is 5.75 Å². The highest BCUT2D eigenvalue weighted by Gasteiger charge is 2.27. The second-order valence-electron chi connectivity index (χ2n) is 9.61. The van der Waals surface area contributed by atoms with Gasteiger partial charge in [0.05, 0.1) is 24.0 Å². The van der Waals surface area contributed by atoms with Gasteiger partial charge in [0, 0.05) is 35.7 Å². The highest BCUT2D eigenvalue weighted by Crippen LogP contribution is 2.36.